The summed E-state index contributed by atoms with van der Waals surface area (Å²) in [6.45, 7) is 3.93. The second kappa shape index (κ2) is 6.92. The van der Waals surface area contributed by atoms with Crippen LogP contribution in [0.25, 0.3) is 0 Å². The molecule has 0 radical (unpaired) electrons. The van der Waals surface area contributed by atoms with E-state index in [-0.39, 0.29) is 8.03 Å². The number of hydrogen-bond donors (Lipinski definition) is 1. The van der Waals surface area contributed by atoms with Crippen LogP contribution in [0.2, 0.25) is 0 Å². The molecule has 0 aromatic carbocycles. The van der Waals surface area contributed by atoms with Crippen LogP contribution in [0.1, 0.15) is 21.2 Å². The van der Waals surface area contributed by atoms with E-state index in [4.69, 9.17) is 9.84 Å². The number of rotatable bonds is 0. The average molecular weight is 120 g/mol. The van der Waals surface area contributed by atoms with Crippen molar-refractivity contribution in [2.24, 2.45) is 0 Å². The molecular weight excluding hydrogens is 104 g/mol. The summed E-state index contributed by atoms with van der Waals surface area (Å²) < 4.78 is 4.94. The van der Waals surface area contributed by atoms with Gasteiger partial charge in [0.05, 0.1) is 0 Å². The van der Waals surface area contributed by atoms with E-state index in [1.165, 1.54) is 12.8 Å². The first-order valence-electron chi connectivity index (χ1n) is 3.10. The lowest BCUT2D eigenvalue weighted by Gasteiger charge is -1.76. The quantitative estimate of drug-likeness (QED) is 0.517. The van der Waals surface area contributed by atoms with Gasteiger partial charge in [-0.15, -0.1) is 0 Å². The zero-order valence-electron chi connectivity index (χ0n) is 5.39. The Kier molecular flexibility index (Phi) is 6.85. The van der Waals surface area contributed by atoms with Gasteiger partial charge in [-0.25, -0.2) is 0 Å². The molecule has 0 aliphatic carbocycles. The van der Waals surface area contributed by atoms with Gasteiger partial charge in [-0.1, -0.05) is 0 Å². The van der Waals surface area contributed by atoms with Crippen molar-refractivity contribution >= 4 is 0 Å². The smallest absolute Gasteiger partial charge is 0.0466 e. The van der Waals surface area contributed by atoms with Gasteiger partial charge in [-0.3, -0.25) is 0 Å². The van der Waals surface area contributed by atoms with Crippen molar-refractivity contribution in [2.45, 2.75) is 19.8 Å². The van der Waals surface area contributed by atoms with Gasteiger partial charge < -0.3 is 9.84 Å². The third kappa shape index (κ3) is 5.92. The molecule has 1 fully saturated rings. The summed E-state index contributed by atoms with van der Waals surface area (Å²) in [6.07, 6.45) is 2.56. The van der Waals surface area contributed by atoms with Gasteiger partial charge >= 0.3 is 0 Å². The van der Waals surface area contributed by atoms with Crippen molar-refractivity contribution in [1.29, 1.82) is 0 Å². The predicted octanol–water partition coefficient (Wildman–Crippen LogP) is 1.04. The first-order valence-corrected chi connectivity index (χ1v) is 3.10. The highest BCUT2D eigenvalue weighted by molar-refractivity contribution is 4.43. The van der Waals surface area contributed by atoms with Gasteiger partial charge in [-0.05, 0) is 19.8 Å². The highest BCUT2D eigenvalue weighted by Gasteiger charge is 1.94. The van der Waals surface area contributed by atoms with Gasteiger partial charge in [0.15, 0.2) is 0 Å². The Morgan fingerprint density at radius 1 is 1.50 bits per heavy atom. The van der Waals surface area contributed by atoms with Crippen molar-refractivity contribution in [3.8, 4) is 0 Å². The summed E-state index contributed by atoms with van der Waals surface area (Å²) in [5, 5.41) is 7.57. The van der Waals surface area contributed by atoms with Crippen LogP contribution < -0.4 is 0 Å². The summed E-state index contributed by atoms with van der Waals surface area (Å²) in [6, 6.07) is 0. The van der Waals surface area contributed by atoms with Crippen LogP contribution in [0.15, 0.2) is 0 Å². The first kappa shape index (κ1) is 7.92. The Morgan fingerprint density at radius 3 is 2.00 bits per heavy atom. The second-order valence-corrected chi connectivity index (χ2v) is 1.64. The van der Waals surface area contributed by atoms with Crippen LogP contribution in [-0.2, 0) is 4.74 Å². The molecule has 2 heteroatoms. The van der Waals surface area contributed by atoms with Crippen LogP contribution >= 0.6 is 0 Å². The molecule has 0 unspecified atom stereocenters. The Bertz CT molecular complexity index is 30.4. The van der Waals surface area contributed by atoms with Gasteiger partial charge in [0.1, 0.15) is 0 Å². The average Bonchev–Trinajstić information content (AvgIpc) is 2.17. The molecule has 0 aromatic heterocycles. The minimum Gasteiger partial charge on any atom is -0.397 e. The number of ether oxygens (including phenoxy) is 1. The zero-order valence-corrected chi connectivity index (χ0v) is 5.39. The van der Waals surface area contributed by atoms with Crippen LogP contribution in [0.3, 0.4) is 0 Å². The van der Waals surface area contributed by atoms with Crippen molar-refractivity contribution in [2.75, 3.05) is 19.8 Å². The maximum Gasteiger partial charge on any atom is 0.0466 e. The molecule has 1 aliphatic heterocycles. The van der Waals surface area contributed by atoms with Crippen LogP contribution in [0.5, 0.6) is 0 Å². The number of aliphatic hydroxyl groups excluding tert-OH is 1. The molecule has 0 saturated carbocycles. The highest BCUT2D eigenvalue weighted by Crippen LogP contribution is 1.98. The fourth-order valence-electron chi connectivity index (χ4n) is 0.510. The summed E-state index contributed by atoms with van der Waals surface area (Å²) in [5.74, 6) is 0. The molecule has 1 saturated heterocycles. The molecular formula is C6H16O2. The minimum absolute atomic E-state index is 0. The van der Waals surface area contributed by atoms with E-state index in [1.807, 2.05) is 0 Å². The SMILES string of the molecule is C1CCOC1.CCO.[HH]. The van der Waals surface area contributed by atoms with Gasteiger partial charge in [-0.2, -0.15) is 0 Å². The van der Waals surface area contributed by atoms with E-state index in [0.717, 1.165) is 13.2 Å². The number of aliphatic hydroxyl groups is 1. The second-order valence-electron chi connectivity index (χ2n) is 1.64. The van der Waals surface area contributed by atoms with Crippen LogP contribution in [-0.4, -0.2) is 24.9 Å². The lowest BCUT2D eigenvalue weighted by Crippen LogP contribution is -1.74. The first-order chi connectivity index (χ1) is 3.91. The maximum absolute atomic E-state index is 7.57. The summed E-state index contributed by atoms with van der Waals surface area (Å²) in [5.41, 5.74) is 0. The van der Waals surface area contributed by atoms with Gasteiger partial charge in [0.25, 0.3) is 0 Å². The Morgan fingerprint density at radius 2 is 1.88 bits per heavy atom. The molecule has 52 valence electrons. The largest absolute Gasteiger partial charge is 0.397 e. The molecule has 1 N–H and O–H groups in total. The third-order valence-corrected chi connectivity index (χ3v) is 0.827. The molecule has 2 nitrogen and oxygen atoms in total. The molecule has 0 amide bonds. The lowest BCUT2D eigenvalue weighted by molar-refractivity contribution is 0.198. The van der Waals surface area contributed by atoms with E-state index in [0.29, 0.717) is 0 Å². The third-order valence-electron chi connectivity index (χ3n) is 0.827. The Labute approximate surface area is 52.0 Å². The fourth-order valence-corrected chi connectivity index (χ4v) is 0.510. The zero-order chi connectivity index (χ0) is 6.24. The Balaban J connectivity index is 0. The molecule has 1 aliphatic rings. The van der Waals surface area contributed by atoms with Crippen molar-refractivity contribution < 1.29 is 11.3 Å². The van der Waals surface area contributed by atoms with Crippen LogP contribution in [0, 0.1) is 0 Å². The van der Waals surface area contributed by atoms with Crippen molar-refractivity contribution in [3.63, 3.8) is 0 Å². The monoisotopic (exact) mass is 120 g/mol. The molecule has 1 heterocycles. The van der Waals surface area contributed by atoms with Gasteiger partial charge in [0, 0.05) is 21.2 Å². The summed E-state index contributed by atoms with van der Waals surface area (Å²) in [4.78, 5) is 0. The standard InChI is InChI=1S/C4H8O.C2H6O.H2/c1-2-4-5-3-1;1-2-3;/h1-4H2;3H,2H2,1H3;1H. The summed E-state index contributed by atoms with van der Waals surface area (Å²) in [7, 11) is 0. The predicted molar refractivity (Wildman–Crippen MR) is 34.9 cm³/mol. The van der Waals surface area contributed by atoms with Gasteiger partial charge in [0.2, 0.25) is 0 Å². The Hall–Kier alpha value is -0.0800. The maximum atomic E-state index is 7.57. The molecule has 0 spiro atoms. The number of hydrogen-bond acceptors (Lipinski definition) is 2. The molecule has 0 atom stereocenters. The van der Waals surface area contributed by atoms with E-state index in [2.05, 4.69) is 0 Å². The van der Waals surface area contributed by atoms with Crippen molar-refractivity contribution in [1.82, 2.24) is 0 Å². The van der Waals surface area contributed by atoms with Crippen LogP contribution in [0.4, 0.5) is 0 Å². The topological polar surface area (TPSA) is 29.5 Å². The fraction of sp³-hybridized carbons (Fsp3) is 1.00. The van der Waals surface area contributed by atoms with E-state index < -0.39 is 0 Å². The normalized spacial score (nSPS) is 17.2. The van der Waals surface area contributed by atoms with E-state index in [9.17, 15) is 0 Å². The molecule has 1 rings (SSSR count). The molecule has 0 bridgehead atoms. The summed E-state index contributed by atoms with van der Waals surface area (Å²) >= 11 is 0. The highest BCUT2D eigenvalue weighted by atomic mass is 16.5. The molecule has 0 aromatic rings. The molecule has 8 heavy (non-hydrogen) atoms. The minimum atomic E-state index is 0. The van der Waals surface area contributed by atoms with Crippen molar-refractivity contribution in [3.05, 3.63) is 0 Å². The van der Waals surface area contributed by atoms with E-state index >= 15 is 0 Å². The van der Waals surface area contributed by atoms with E-state index in [1.54, 1.807) is 6.92 Å². The lowest BCUT2D eigenvalue weighted by atomic mass is 10.4.